The Hall–Kier alpha value is -1.29. The van der Waals surface area contributed by atoms with Gasteiger partial charge in [0.05, 0.1) is 12.0 Å². The van der Waals surface area contributed by atoms with Gasteiger partial charge in [0.2, 0.25) is 0 Å². The van der Waals surface area contributed by atoms with Crippen molar-refractivity contribution >= 4 is 0 Å². The van der Waals surface area contributed by atoms with Crippen molar-refractivity contribution in [3.8, 4) is 6.07 Å². The molecule has 0 amide bonds. The highest BCUT2D eigenvalue weighted by atomic mass is 14.3. The average molecular weight is 173 g/mol. The molecule has 68 valence electrons. The molecule has 0 radical (unpaired) electrons. The van der Waals surface area contributed by atoms with Crippen LogP contribution in [0.3, 0.4) is 0 Å². The first-order valence-corrected chi connectivity index (χ1v) is 4.74. The number of hydrogen-bond donors (Lipinski definition) is 0. The highest BCUT2D eigenvalue weighted by molar-refractivity contribution is 5.25. The fraction of sp³-hybridized carbons (Fsp3) is 0.417. The number of nitrogens with zero attached hydrogens (tertiary/aromatic N) is 1. The first-order valence-electron chi connectivity index (χ1n) is 4.74. The maximum absolute atomic E-state index is 9.03. The van der Waals surface area contributed by atoms with E-state index in [1.54, 1.807) is 0 Å². The minimum atomic E-state index is 0.0474. The van der Waals surface area contributed by atoms with E-state index >= 15 is 0 Å². The van der Waals surface area contributed by atoms with E-state index in [1.165, 1.54) is 0 Å². The molecule has 1 rings (SSSR count). The van der Waals surface area contributed by atoms with Gasteiger partial charge in [0, 0.05) is 0 Å². The van der Waals surface area contributed by atoms with E-state index in [0.29, 0.717) is 5.92 Å². The Morgan fingerprint density at radius 3 is 2.38 bits per heavy atom. The number of nitriles is 1. The van der Waals surface area contributed by atoms with Crippen LogP contribution in [0.5, 0.6) is 0 Å². The summed E-state index contributed by atoms with van der Waals surface area (Å²) in [4.78, 5) is 0. The smallest absolute Gasteiger partial charge is 0.0738 e. The Morgan fingerprint density at radius 2 is 1.92 bits per heavy atom. The monoisotopic (exact) mass is 173 g/mol. The Morgan fingerprint density at radius 1 is 1.31 bits per heavy atom. The van der Waals surface area contributed by atoms with Crippen LogP contribution >= 0.6 is 0 Å². The summed E-state index contributed by atoms with van der Waals surface area (Å²) < 4.78 is 0. The third-order valence-electron chi connectivity index (χ3n) is 2.51. The third kappa shape index (κ3) is 2.32. The van der Waals surface area contributed by atoms with Gasteiger partial charge < -0.3 is 0 Å². The van der Waals surface area contributed by atoms with E-state index in [1.807, 2.05) is 30.3 Å². The average Bonchev–Trinajstić information content (AvgIpc) is 2.20. The molecule has 0 bridgehead atoms. The molecule has 0 spiro atoms. The van der Waals surface area contributed by atoms with Gasteiger partial charge >= 0.3 is 0 Å². The molecule has 1 heteroatoms. The topological polar surface area (TPSA) is 23.8 Å². The second-order valence-corrected chi connectivity index (χ2v) is 3.40. The van der Waals surface area contributed by atoms with Gasteiger partial charge in [0.15, 0.2) is 0 Å². The van der Waals surface area contributed by atoms with E-state index in [0.717, 1.165) is 12.0 Å². The molecule has 2 atom stereocenters. The summed E-state index contributed by atoms with van der Waals surface area (Å²) in [5.74, 6) is 0.485. The van der Waals surface area contributed by atoms with Crippen molar-refractivity contribution in [2.24, 2.45) is 5.92 Å². The number of benzene rings is 1. The lowest BCUT2D eigenvalue weighted by Gasteiger charge is -2.15. The summed E-state index contributed by atoms with van der Waals surface area (Å²) in [7, 11) is 0. The van der Waals surface area contributed by atoms with Crippen LogP contribution in [0.25, 0.3) is 0 Å². The van der Waals surface area contributed by atoms with Gasteiger partial charge in [0.1, 0.15) is 0 Å². The predicted octanol–water partition coefficient (Wildman–Crippen LogP) is 3.34. The van der Waals surface area contributed by atoms with Crippen LogP contribution in [0.1, 0.15) is 31.7 Å². The normalized spacial score (nSPS) is 14.5. The second-order valence-electron chi connectivity index (χ2n) is 3.40. The van der Waals surface area contributed by atoms with Crippen molar-refractivity contribution in [1.82, 2.24) is 0 Å². The number of hydrogen-bond acceptors (Lipinski definition) is 1. The number of rotatable bonds is 3. The van der Waals surface area contributed by atoms with Crippen LogP contribution in [0.4, 0.5) is 0 Å². The fourth-order valence-corrected chi connectivity index (χ4v) is 1.43. The van der Waals surface area contributed by atoms with Crippen molar-refractivity contribution in [1.29, 1.82) is 5.26 Å². The summed E-state index contributed by atoms with van der Waals surface area (Å²) in [5.41, 5.74) is 1.14. The fourth-order valence-electron chi connectivity index (χ4n) is 1.43. The summed E-state index contributed by atoms with van der Waals surface area (Å²) >= 11 is 0. The van der Waals surface area contributed by atoms with Gasteiger partial charge in [-0.25, -0.2) is 0 Å². The molecular formula is C12H15N. The van der Waals surface area contributed by atoms with Crippen LogP contribution in [0.15, 0.2) is 30.3 Å². The van der Waals surface area contributed by atoms with Crippen molar-refractivity contribution in [2.45, 2.75) is 26.2 Å². The maximum atomic E-state index is 9.03. The van der Waals surface area contributed by atoms with E-state index in [9.17, 15) is 0 Å². The van der Waals surface area contributed by atoms with Crippen molar-refractivity contribution in [3.05, 3.63) is 35.9 Å². The molecule has 0 saturated carbocycles. The molecule has 1 aromatic carbocycles. The molecule has 0 unspecified atom stereocenters. The Labute approximate surface area is 80.0 Å². The van der Waals surface area contributed by atoms with Crippen LogP contribution in [-0.4, -0.2) is 0 Å². The first-order chi connectivity index (χ1) is 6.29. The zero-order valence-electron chi connectivity index (χ0n) is 8.20. The van der Waals surface area contributed by atoms with Crippen molar-refractivity contribution in [2.75, 3.05) is 0 Å². The lowest BCUT2D eigenvalue weighted by Crippen LogP contribution is -2.06. The lowest BCUT2D eigenvalue weighted by molar-refractivity contribution is 0.514. The van der Waals surface area contributed by atoms with E-state index in [-0.39, 0.29) is 5.92 Å². The summed E-state index contributed by atoms with van der Waals surface area (Å²) in [5, 5.41) is 9.03. The third-order valence-corrected chi connectivity index (χ3v) is 2.51. The highest BCUT2D eigenvalue weighted by Crippen LogP contribution is 2.25. The molecule has 0 aliphatic heterocycles. The zero-order chi connectivity index (χ0) is 9.68. The molecule has 0 fully saturated rings. The minimum absolute atomic E-state index is 0.0474. The summed E-state index contributed by atoms with van der Waals surface area (Å²) in [6.45, 7) is 4.25. The Bertz CT molecular complexity index is 284. The van der Waals surface area contributed by atoms with Crippen LogP contribution in [0.2, 0.25) is 0 Å². The molecule has 13 heavy (non-hydrogen) atoms. The maximum Gasteiger partial charge on any atom is 0.0738 e. The lowest BCUT2D eigenvalue weighted by atomic mass is 9.87. The summed E-state index contributed by atoms with van der Waals surface area (Å²) in [6, 6.07) is 12.4. The van der Waals surface area contributed by atoms with Crippen molar-refractivity contribution < 1.29 is 0 Å². The minimum Gasteiger partial charge on any atom is -0.198 e. The Balaban J connectivity index is 2.86. The molecule has 0 aliphatic rings. The van der Waals surface area contributed by atoms with Crippen LogP contribution in [0, 0.1) is 17.2 Å². The largest absolute Gasteiger partial charge is 0.198 e. The van der Waals surface area contributed by atoms with Gasteiger partial charge in [-0.1, -0.05) is 50.6 Å². The first kappa shape index (κ1) is 9.80. The summed E-state index contributed by atoms with van der Waals surface area (Å²) in [6.07, 6.45) is 1.05. The molecule has 0 saturated heterocycles. The molecule has 0 aliphatic carbocycles. The van der Waals surface area contributed by atoms with Crippen LogP contribution < -0.4 is 0 Å². The highest BCUT2D eigenvalue weighted by Gasteiger charge is 2.16. The Kier molecular flexibility index (Phi) is 3.52. The quantitative estimate of drug-likeness (QED) is 0.687. The van der Waals surface area contributed by atoms with Crippen molar-refractivity contribution in [3.63, 3.8) is 0 Å². The van der Waals surface area contributed by atoms with Crippen LogP contribution in [-0.2, 0) is 0 Å². The van der Waals surface area contributed by atoms with Gasteiger partial charge in [-0.3, -0.25) is 0 Å². The van der Waals surface area contributed by atoms with Gasteiger partial charge in [-0.15, -0.1) is 0 Å². The molecule has 1 aromatic rings. The predicted molar refractivity (Wildman–Crippen MR) is 54.3 cm³/mol. The van der Waals surface area contributed by atoms with E-state index < -0.39 is 0 Å². The molecule has 0 heterocycles. The van der Waals surface area contributed by atoms with E-state index in [2.05, 4.69) is 19.9 Å². The van der Waals surface area contributed by atoms with Gasteiger partial charge in [0.25, 0.3) is 0 Å². The standard InChI is InChI=1S/C12H15N/c1-3-10(2)12(9-13)11-7-5-4-6-8-11/h4-8,10,12H,3H2,1-2H3/t10-,12-/m0/s1. The second kappa shape index (κ2) is 4.67. The van der Waals surface area contributed by atoms with Gasteiger partial charge in [-0.05, 0) is 11.5 Å². The molecular weight excluding hydrogens is 158 g/mol. The van der Waals surface area contributed by atoms with Gasteiger partial charge in [-0.2, -0.15) is 5.26 Å². The molecule has 0 N–H and O–H groups in total. The van der Waals surface area contributed by atoms with E-state index in [4.69, 9.17) is 5.26 Å². The zero-order valence-corrected chi connectivity index (χ0v) is 8.20. The molecule has 1 nitrogen and oxygen atoms in total. The SMILES string of the molecule is CC[C@H](C)[C@H](C#N)c1ccccc1. The molecule has 0 aromatic heterocycles.